The number of nitrogens with one attached hydrogen (secondary N) is 2. The number of carbonyl (C=O) groups is 2. The van der Waals surface area contributed by atoms with E-state index in [2.05, 4.69) is 20.7 Å². The lowest BCUT2D eigenvalue weighted by atomic mass is 9.96. The van der Waals surface area contributed by atoms with Gasteiger partial charge in [-0.1, -0.05) is 30.3 Å². The molecule has 2 amide bonds. The highest BCUT2D eigenvalue weighted by Gasteiger charge is 2.29. The molecule has 0 atom stereocenters. The minimum absolute atomic E-state index is 0.0490. The van der Waals surface area contributed by atoms with Crippen molar-refractivity contribution >= 4 is 17.5 Å². The quantitative estimate of drug-likeness (QED) is 0.500. The van der Waals surface area contributed by atoms with Crippen molar-refractivity contribution in [3.63, 3.8) is 0 Å². The number of ether oxygens (including phenoxy) is 2. The van der Waals surface area contributed by atoms with Crippen LogP contribution in [0.1, 0.15) is 52.7 Å². The molecule has 2 N–H and O–H groups in total. The molecule has 2 aromatic rings. The summed E-state index contributed by atoms with van der Waals surface area (Å²) in [5.41, 5.74) is 6.58. The highest BCUT2D eigenvalue weighted by atomic mass is 19.1. The van der Waals surface area contributed by atoms with Crippen LogP contribution in [0, 0.1) is 5.82 Å². The second-order valence-electron chi connectivity index (χ2n) is 12.1. The van der Waals surface area contributed by atoms with E-state index in [0.717, 1.165) is 74.3 Å². The average molecular weight is 607 g/mol. The number of amides is 2. The molecule has 4 heterocycles. The van der Waals surface area contributed by atoms with E-state index in [-0.39, 0.29) is 23.5 Å². The van der Waals surface area contributed by atoms with Crippen molar-refractivity contribution in [1.82, 2.24) is 25.4 Å². The molecule has 0 radical (unpaired) electrons. The van der Waals surface area contributed by atoms with E-state index in [0.29, 0.717) is 58.6 Å². The first-order chi connectivity index (χ1) is 21.5. The zero-order valence-electron chi connectivity index (χ0n) is 25.3. The largest absolute Gasteiger partial charge is 0.375 e. The van der Waals surface area contributed by atoms with Gasteiger partial charge in [0.25, 0.3) is 5.91 Å². The second kappa shape index (κ2) is 14.6. The molecule has 4 aliphatic heterocycles. The summed E-state index contributed by atoms with van der Waals surface area (Å²) in [6, 6.07) is 12.6. The fraction of sp³-hybridized carbons (Fsp3) is 0.545. The monoisotopic (exact) mass is 606 g/mol. The molecular formula is C33H43FN6O4. The van der Waals surface area contributed by atoms with Gasteiger partial charge < -0.3 is 24.6 Å². The van der Waals surface area contributed by atoms with E-state index < -0.39 is 5.82 Å². The summed E-state index contributed by atoms with van der Waals surface area (Å²) in [6.45, 7) is 6.57. The Labute approximate surface area is 258 Å². The number of piperidine rings is 2. The summed E-state index contributed by atoms with van der Waals surface area (Å²) in [5.74, 6) is -0.808. The number of halogens is 1. The zero-order chi connectivity index (χ0) is 30.3. The molecule has 4 aliphatic rings. The fourth-order valence-electron chi connectivity index (χ4n) is 6.52. The number of fused-ring (bicyclic) bond motifs is 1. The predicted octanol–water partition coefficient (Wildman–Crippen LogP) is 2.37. The number of piperazine rings is 1. The van der Waals surface area contributed by atoms with E-state index in [9.17, 15) is 14.0 Å². The number of hydrazone groups is 1. The minimum Gasteiger partial charge on any atom is -0.375 e. The Morgan fingerprint density at radius 1 is 0.932 bits per heavy atom. The number of carbonyl (C=O) groups excluding carboxylic acids is 2. The van der Waals surface area contributed by atoms with Gasteiger partial charge in [0.05, 0.1) is 36.6 Å². The number of hydrogen-bond acceptors (Lipinski definition) is 8. The van der Waals surface area contributed by atoms with Gasteiger partial charge in [-0.15, -0.1) is 0 Å². The fourth-order valence-corrected chi connectivity index (χ4v) is 6.52. The lowest BCUT2D eigenvalue weighted by Crippen LogP contribution is -2.53. The SMILES string of the molecule is O=C(CN1CCC(OC2CCNCC2)CC1)N1CCN(C(=O)c2cc(C/C3=N/NCOCc4ccccc43)ccc2F)CC1. The molecule has 3 fully saturated rings. The van der Waals surface area contributed by atoms with Crippen LogP contribution in [0.2, 0.25) is 0 Å². The summed E-state index contributed by atoms with van der Waals surface area (Å²) in [6.07, 6.45) is 5.13. The molecule has 3 saturated heterocycles. The van der Waals surface area contributed by atoms with E-state index in [1.807, 2.05) is 29.2 Å². The molecule has 10 nitrogen and oxygen atoms in total. The molecule has 6 rings (SSSR count). The van der Waals surface area contributed by atoms with Gasteiger partial charge in [0.15, 0.2) is 0 Å². The standard InChI is InChI=1S/C33H43FN6O4/c34-30-6-5-24(20-31-28-4-2-1-3-25(28)22-43-23-36-37-31)19-29(30)33(42)40-17-15-39(16-18-40)32(41)21-38-13-9-27(10-14-38)44-26-7-11-35-12-8-26/h1-6,19,26-27,35-36H,7-18,20-23H2/b37-31-. The van der Waals surface area contributed by atoms with Crippen molar-refractivity contribution in [1.29, 1.82) is 0 Å². The highest BCUT2D eigenvalue weighted by molar-refractivity contribution is 6.03. The first-order valence-electron chi connectivity index (χ1n) is 15.9. The van der Waals surface area contributed by atoms with Gasteiger partial charge in [-0.05, 0) is 62.0 Å². The van der Waals surface area contributed by atoms with Crippen LogP contribution >= 0.6 is 0 Å². The Bertz CT molecular complexity index is 1330. The molecule has 11 heteroatoms. The molecular weight excluding hydrogens is 563 g/mol. The topological polar surface area (TPSA) is 98.7 Å². The smallest absolute Gasteiger partial charge is 0.256 e. The van der Waals surface area contributed by atoms with Crippen molar-refractivity contribution < 1.29 is 23.5 Å². The summed E-state index contributed by atoms with van der Waals surface area (Å²) in [4.78, 5) is 32.2. The van der Waals surface area contributed by atoms with Gasteiger partial charge >= 0.3 is 0 Å². The maximum absolute atomic E-state index is 14.9. The van der Waals surface area contributed by atoms with Crippen LogP contribution in [0.3, 0.4) is 0 Å². The van der Waals surface area contributed by atoms with Gasteiger partial charge in [0.1, 0.15) is 12.5 Å². The van der Waals surface area contributed by atoms with Crippen LogP contribution in [0.15, 0.2) is 47.6 Å². The van der Waals surface area contributed by atoms with Crippen LogP contribution in [0.4, 0.5) is 4.39 Å². The van der Waals surface area contributed by atoms with Crippen LogP contribution < -0.4 is 10.7 Å². The number of hydrogen-bond donors (Lipinski definition) is 2. The minimum atomic E-state index is -0.545. The molecule has 0 bridgehead atoms. The highest BCUT2D eigenvalue weighted by Crippen LogP contribution is 2.21. The Morgan fingerprint density at radius 3 is 2.45 bits per heavy atom. The number of likely N-dealkylation sites (tertiary alicyclic amines) is 1. The van der Waals surface area contributed by atoms with Crippen molar-refractivity contribution in [3.05, 3.63) is 70.5 Å². The summed E-state index contributed by atoms with van der Waals surface area (Å²) < 4.78 is 26.8. The van der Waals surface area contributed by atoms with Crippen molar-refractivity contribution in [2.75, 3.05) is 65.6 Å². The van der Waals surface area contributed by atoms with E-state index in [4.69, 9.17) is 9.47 Å². The Morgan fingerprint density at radius 2 is 1.66 bits per heavy atom. The molecule has 2 aromatic carbocycles. The third kappa shape index (κ3) is 7.63. The van der Waals surface area contributed by atoms with E-state index >= 15 is 0 Å². The lowest BCUT2D eigenvalue weighted by Gasteiger charge is -2.38. The summed E-state index contributed by atoms with van der Waals surface area (Å²) in [7, 11) is 0. The molecule has 0 saturated carbocycles. The molecule has 44 heavy (non-hydrogen) atoms. The lowest BCUT2D eigenvalue weighted by molar-refractivity contribution is -0.135. The van der Waals surface area contributed by atoms with Crippen LogP contribution in [-0.4, -0.2) is 110 Å². The van der Waals surface area contributed by atoms with E-state index in [1.54, 1.807) is 17.0 Å². The van der Waals surface area contributed by atoms with Gasteiger partial charge in [-0.3, -0.25) is 19.9 Å². The van der Waals surface area contributed by atoms with Gasteiger partial charge in [-0.25, -0.2) is 4.39 Å². The van der Waals surface area contributed by atoms with Crippen molar-refractivity contribution in [2.24, 2.45) is 5.10 Å². The van der Waals surface area contributed by atoms with Crippen LogP contribution in [0.5, 0.6) is 0 Å². The van der Waals surface area contributed by atoms with Gasteiger partial charge in [0.2, 0.25) is 5.91 Å². The third-order valence-electron chi connectivity index (χ3n) is 9.08. The van der Waals surface area contributed by atoms with E-state index in [1.165, 1.54) is 6.07 Å². The zero-order valence-corrected chi connectivity index (χ0v) is 25.3. The predicted molar refractivity (Wildman–Crippen MR) is 165 cm³/mol. The van der Waals surface area contributed by atoms with Crippen LogP contribution in [-0.2, 0) is 27.3 Å². The first-order valence-corrected chi connectivity index (χ1v) is 15.9. The Hall–Kier alpha value is -3.38. The summed E-state index contributed by atoms with van der Waals surface area (Å²) in [5, 5.41) is 7.88. The average Bonchev–Trinajstić information content (AvgIpc) is 3.05. The number of benzene rings is 2. The second-order valence-corrected chi connectivity index (χ2v) is 12.1. The third-order valence-corrected chi connectivity index (χ3v) is 9.08. The normalized spacial score (nSPS) is 21.9. The summed E-state index contributed by atoms with van der Waals surface area (Å²) >= 11 is 0. The van der Waals surface area contributed by atoms with Crippen LogP contribution in [0.25, 0.3) is 0 Å². The van der Waals surface area contributed by atoms with Crippen molar-refractivity contribution in [2.45, 2.75) is 50.9 Å². The molecule has 0 spiro atoms. The maximum Gasteiger partial charge on any atom is 0.256 e. The molecule has 0 aliphatic carbocycles. The first kappa shape index (κ1) is 30.6. The number of nitrogens with zero attached hydrogens (tertiary/aromatic N) is 4. The van der Waals surface area contributed by atoms with Crippen molar-refractivity contribution in [3.8, 4) is 0 Å². The number of rotatable bonds is 7. The Kier molecular flexibility index (Phi) is 10.2. The Balaban J connectivity index is 0.997. The molecule has 0 unspecified atom stereocenters. The molecule has 236 valence electrons. The maximum atomic E-state index is 14.9. The molecule has 0 aromatic heterocycles. The van der Waals surface area contributed by atoms with Gasteiger partial charge in [-0.2, -0.15) is 5.10 Å². The van der Waals surface area contributed by atoms with Gasteiger partial charge in [0, 0.05) is 51.3 Å².